The Kier molecular flexibility index (Phi) is 8.07. The molecule has 0 aliphatic carbocycles. The van der Waals surface area contributed by atoms with Gasteiger partial charge in [-0.2, -0.15) is 9.78 Å². The molecule has 0 unspecified atom stereocenters. The fourth-order valence-corrected chi connectivity index (χ4v) is 4.70. The zero-order chi connectivity index (χ0) is 27.2. The van der Waals surface area contributed by atoms with E-state index in [1.165, 1.54) is 27.4 Å². The Morgan fingerprint density at radius 3 is 2.34 bits per heavy atom. The highest BCUT2D eigenvalue weighted by Crippen LogP contribution is 2.38. The minimum atomic E-state index is -0.667. The molecule has 0 spiro atoms. The number of amides is 1. The summed E-state index contributed by atoms with van der Waals surface area (Å²) < 4.78 is 22.3. The number of nitrogens with zero attached hydrogens (tertiary/aromatic N) is 2. The van der Waals surface area contributed by atoms with Gasteiger partial charge < -0.3 is 24.3 Å². The van der Waals surface area contributed by atoms with Crippen molar-refractivity contribution in [1.29, 1.82) is 0 Å². The molecule has 0 atom stereocenters. The van der Waals surface area contributed by atoms with E-state index in [4.69, 9.17) is 18.9 Å². The van der Waals surface area contributed by atoms with Crippen LogP contribution in [0.1, 0.15) is 23.0 Å². The number of carbonyl (C=O) groups is 2. The lowest BCUT2D eigenvalue weighted by Crippen LogP contribution is -2.25. The van der Waals surface area contributed by atoms with Crippen LogP contribution in [0.4, 0.5) is 5.00 Å². The number of nitrogens with one attached hydrogen (secondary N) is 1. The number of thiophene rings is 1. The van der Waals surface area contributed by atoms with Crippen LogP contribution in [0, 0.1) is 0 Å². The van der Waals surface area contributed by atoms with Crippen molar-refractivity contribution in [3.63, 3.8) is 0 Å². The normalized spacial score (nSPS) is 10.9. The van der Waals surface area contributed by atoms with Crippen molar-refractivity contribution in [2.45, 2.75) is 6.92 Å². The Morgan fingerprint density at radius 2 is 1.74 bits per heavy atom. The number of anilines is 1. The maximum atomic E-state index is 13.5. The first-order chi connectivity index (χ1) is 18.4. The monoisotopic (exact) mass is 535 g/mol. The zero-order valence-corrected chi connectivity index (χ0v) is 22.0. The van der Waals surface area contributed by atoms with Crippen LogP contribution in [-0.4, -0.2) is 49.6 Å². The molecular formula is C27H25N3O7S. The number of esters is 1. The van der Waals surface area contributed by atoms with Gasteiger partial charge in [-0.15, -0.1) is 11.3 Å². The van der Waals surface area contributed by atoms with Gasteiger partial charge in [-0.3, -0.25) is 9.59 Å². The highest BCUT2D eigenvalue weighted by Gasteiger charge is 2.23. The van der Waals surface area contributed by atoms with Crippen LogP contribution in [0.3, 0.4) is 0 Å². The summed E-state index contributed by atoms with van der Waals surface area (Å²) in [6.07, 6.45) is 2.89. The molecule has 0 saturated carbocycles. The molecule has 4 rings (SSSR count). The fourth-order valence-electron chi connectivity index (χ4n) is 3.76. The van der Waals surface area contributed by atoms with E-state index in [0.29, 0.717) is 33.9 Å². The average Bonchev–Trinajstić information content (AvgIpc) is 3.35. The second-order valence-electron chi connectivity index (χ2n) is 7.76. The molecule has 2 heterocycles. The molecule has 0 aliphatic heterocycles. The third-order valence-electron chi connectivity index (χ3n) is 5.47. The third kappa shape index (κ3) is 5.23. The van der Waals surface area contributed by atoms with E-state index < -0.39 is 17.4 Å². The number of ether oxygens (including phenoxy) is 4. The van der Waals surface area contributed by atoms with Crippen LogP contribution in [0.5, 0.6) is 17.2 Å². The molecule has 0 aliphatic rings. The first kappa shape index (κ1) is 26.4. The van der Waals surface area contributed by atoms with Crippen molar-refractivity contribution in [2.24, 2.45) is 0 Å². The van der Waals surface area contributed by atoms with E-state index in [9.17, 15) is 14.4 Å². The van der Waals surface area contributed by atoms with Gasteiger partial charge in [-0.1, -0.05) is 18.2 Å². The highest BCUT2D eigenvalue weighted by atomic mass is 32.1. The minimum absolute atomic E-state index is 0.0185. The second-order valence-corrected chi connectivity index (χ2v) is 8.64. The molecule has 0 radical (unpaired) electrons. The summed E-state index contributed by atoms with van der Waals surface area (Å²) in [6, 6.07) is 12.1. The van der Waals surface area contributed by atoms with Gasteiger partial charge in [-0.05, 0) is 42.8 Å². The highest BCUT2D eigenvalue weighted by molar-refractivity contribution is 7.16. The van der Waals surface area contributed by atoms with Crippen molar-refractivity contribution in [3.05, 3.63) is 75.5 Å². The molecule has 11 heteroatoms. The molecule has 1 amide bonds. The molecular weight excluding hydrogens is 510 g/mol. The molecule has 196 valence electrons. The van der Waals surface area contributed by atoms with Crippen molar-refractivity contribution in [3.8, 4) is 22.9 Å². The Morgan fingerprint density at radius 1 is 1.05 bits per heavy atom. The van der Waals surface area contributed by atoms with Crippen LogP contribution in [-0.2, 0) is 9.53 Å². The largest absolute Gasteiger partial charge is 0.493 e. The van der Waals surface area contributed by atoms with E-state index in [2.05, 4.69) is 10.4 Å². The maximum absolute atomic E-state index is 13.5. The Balaban J connectivity index is 1.72. The summed E-state index contributed by atoms with van der Waals surface area (Å²) in [5.74, 6) is 0.165. The van der Waals surface area contributed by atoms with Gasteiger partial charge in [0.1, 0.15) is 5.00 Å². The second kappa shape index (κ2) is 11.6. The van der Waals surface area contributed by atoms with Crippen molar-refractivity contribution in [2.75, 3.05) is 33.3 Å². The van der Waals surface area contributed by atoms with E-state index in [1.807, 2.05) is 0 Å². The van der Waals surface area contributed by atoms with Gasteiger partial charge in [0, 0.05) is 16.8 Å². The van der Waals surface area contributed by atoms with Crippen molar-refractivity contribution in [1.82, 2.24) is 9.78 Å². The summed E-state index contributed by atoms with van der Waals surface area (Å²) in [5.41, 5.74) is 0.598. The number of hydrogen-bond acceptors (Lipinski definition) is 9. The number of para-hydroxylation sites is 1. The number of carbonyl (C=O) groups excluding carboxylic acids is 2. The molecule has 0 saturated heterocycles. The Hall–Kier alpha value is -4.64. The lowest BCUT2D eigenvalue weighted by molar-refractivity contribution is -0.111. The Labute approximate surface area is 222 Å². The number of rotatable bonds is 9. The van der Waals surface area contributed by atoms with Gasteiger partial charge in [0.2, 0.25) is 11.7 Å². The molecule has 2 aromatic heterocycles. The molecule has 38 heavy (non-hydrogen) atoms. The quantitative estimate of drug-likeness (QED) is 0.249. The Bertz CT molecular complexity index is 1550. The summed E-state index contributed by atoms with van der Waals surface area (Å²) in [5, 5.41) is 9.37. The topological polar surface area (TPSA) is 118 Å². The number of benzene rings is 2. The van der Waals surface area contributed by atoms with Crippen LogP contribution in [0.15, 0.2) is 58.7 Å². The minimum Gasteiger partial charge on any atom is -0.493 e. The standard InChI is InChI=1S/C27H25N3O7S/c1-5-37-27(33)23-18-15-38-25(22(18)26(32)30(29-23)17-9-7-6-8-10-17)28-21(31)12-11-16-13-19(34-2)24(36-4)20(14-16)35-3/h6-15H,5H2,1-4H3,(H,28,31). The summed E-state index contributed by atoms with van der Waals surface area (Å²) in [7, 11) is 4.51. The average molecular weight is 536 g/mol. The molecule has 2 aromatic carbocycles. The zero-order valence-electron chi connectivity index (χ0n) is 21.1. The molecule has 0 fully saturated rings. The molecule has 0 bridgehead atoms. The van der Waals surface area contributed by atoms with Gasteiger partial charge in [0.05, 0.1) is 39.0 Å². The maximum Gasteiger partial charge on any atom is 0.359 e. The number of aromatic nitrogens is 2. The predicted molar refractivity (Wildman–Crippen MR) is 145 cm³/mol. The van der Waals surface area contributed by atoms with Gasteiger partial charge >= 0.3 is 5.97 Å². The van der Waals surface area contributed by atoms with E-state index in [-0.39, 0.29) is 22.7 Å². The van der Waals surface area contributed by atoms with Crippen LogP contribution in [0.2, 0.25) is 0 Å². The summed E-state index contributed by atoms with van der Waals surface area (Å²) in [6.45, 7) is 1.83. The van der Waals surface area contributed by atoms with Crippen LogP contribution >= 0.6 is 11.3 Å². The summed E-state index contributed by atoms with van der Waals surface area (Å²) in [4.78, 5) is 39.0. The predicted octanol–water partition coefficient (Wildman–Crippen LogP) is 4.30. The lowest BCUT2D eigenvalue weighted by Gasteiger charge is -2.12. The molecule has 10 nitrogen and oxygen atoms in total. The third-order valence-corrected chi connectivity index (χ3v) is 6.37. The fraction of sp³-hybridized carbons (Fsp3) is 0.185. The summed E-state index contributed by atoms with van der Waals surface area (Å²) >= 11 is 1.11. The first-order valence-electron chi connectivity index (χ1n) is 11.5. The van der Waals surface area contributed by atoms with E-state index >= 15 is 0 Å². The van der Waals surface area contributed by atoms with E-state index in [1.54, 1.807) is 60.8 Å². The number of methoxy groups -OCH3 is 3. The van der Waals surface area contributed by atoms with Gasteiger partial charge in [0.25, 0.3) is 5.56 Å². The van der Waals surface area contributed by atoms with Crippen LogP contribution in [0.25, 0.3) is 22.5 Å². The molecule has 1 N–H and O–H groups in total. The smallest absolute Gasteiger partial charge is 0.359 e. The van der Waals surface area contributed by atoms with Crippen molar-refractivity contribution < 1.29 is 28.5 Å². The first-order valence-corrected chi connectivity index (χ1v) is 12.4. The van der Waals surface area contributed by atoms with E-state index in [0.717, 1.165) is 16.0 Å². The SMILES string of the molecule is CCOC(=O)c1nn(-c2ccccc2)c(=O)c2c(NC(=O)C=Cc3cc(OC)c(OC)c(OC)c3)scc12. The van der Waals surface area contributed by atoms with Crippen LogP contribution < -0.4 is 25.1 Å². The van der Waals surface area contributed by atoms with Gasteiger partial charge in [0.15, 0.2) is 17.2 Å². The lowest BCUT2D eigenvalue weighted by atomic mass is 10.1. The van der Waals surface area contributed by atoms with Crippen molar-refractivity contribution >= 4 is 45.1 Å². The number of hydrogen-bond donors (Lipinski definition) is 1. The number of fused-ring (bicyclic) bond motifs is 1. The molecule has 4 aromatic rings. The van der Waals surface area contributed by atoms with Gasteiger partial charge in [-0.25, -0.2) is 4.79 Å².